The van der Waals surface area contributed by atoms with Crippen LogP contribution in [-0.4, -0.2) is 17.0 Å². The number of rotatable bonds is 5. The molecule has 0 saturated carbocycles. The van der Waals surface area contributed by atoms with E-state index in [1.807, 2.05) is 0 Å². The summed E-state index contributed by atoms with van der Waals surface area (Å²) in [6.07, 6.45) is -3.85. The third kappa shape index (κ3) is 4.65. The molecule has 36 heavy (non-hydrogen) atoms. The fraction of sp³-hybridized carbons (Fsp3) is 0.160. The van der Waals surface area contributed by atoms with E-state index in [0.717, 1.165) is 12.1 Å². The number of hydrogen-bond donors (Lipinski definition) is 2. The lowest BCUT2D eigenvalue weighted by molar-refractivity contribution is -0.384. The number of hydroxylamine groups is 1. The van der Waals surface area contributed by atoms with Crippen LogP contribution in [0, 0.1) is 24.0 Å². The van der Waals surface area contributed by atoms with Gasteiger partial charge >= 0.3 is 6.18 Å². The number of hydrogen-bond acceptors (Lipinski definition) is 5. The van der Waals surface area contributed by atoms with Crippen LogP contribution in [-0.2, 0) is 10.4 Å². The molecule has 3 aromatic carbocycles. The van der Waals surface area contributed by atoms with E-state index in [1.165, 1.54) is 30.3 Å². The third-order valence-electron chi connectivity index (χ3n) is 5.77. The van der Waals surface area contributed by atoms with Crippen molar-refractivity contribution in [3.8, 4) is 0 Å². The first-order valence-corrected chi connectivity index (χ1v) is 11.0. The average Bonchev–Trinajstić information content (AvgIpc) is 3.29. The molecule has 1 aliphatic rings. The lowest BCUT2D eigenvalue weighted by Crippen LogP contribution is -2.42. The summed E-state index contributed by atoms with van der Waals surface area (Å²) < 4.78 is 43.2. The second-order valence-electron chi connectivity index (χ2n) is 8.25. The van der Waals surface area contributed by atoms with Gasteiger partial charge in [0.2, 0.25) is 5.60 Å². The Bertz CT molecular complexity index is 1370. The molecule has 0 fully saturated rings. The van der Waals surface area contributed by atoms with Crippen molar-refractivity contribution in [1.29, 1.82) is 0 Å². The number of non-ortho nitro benzene ring substituents is 1. The molecular formula is C25H19ClF3N3O4. The Labute approximate surface area is 208 Å². The molecule has 7 nitrogen and oxygen atoms in total. The molecule has 0 radical (unpaired) electrons. The number of nitrogens with one attached hydrogen (secondary N) is 2. The largest absolute Gasteiger partial charge is 0.428 e. The second kappa shape index (κ2) is 9.29. The third-order valence-corrected chi connectivity index (χ3v) is 6.02. The summed E-state index contributed by atoms with van der Waals surface area (Å²) >= 11 is 5.88. The number of halogens is 4. The van der Waals surface area contributed by atoms with Crippen LogP contribution in [0.25, 0.3) is 5.70 Å². The highest BCUT2D eigenvalue weighted by molar-refractivity contribution is 6.30. The molecule has 11 heteroatoms. The zero-order chi connectivity index (χ0) is 26.3. The van der Waals surface area contributed by atoms with Crippen molar-refractivity contribution in [2.24, 2.45) is 0 Å². The molecule has 0 bridgehead atoms. The molecule has 0 saturated heterocycles. The maximum atomic E-state index is 14.4. The van der Waals surface area contributed by atoms with Crippen molar-refractivity contribution >= 4 is 34.6 Å². The van der Waals surface area contributed by atoms with Crippen molar-refractivity contribution in [2.75, 3.05) is 5.32 Å². The highest BCUT2D eigenvalue weighted by Gasteiger charge is 2.59. The summed E-state index contributed by atoms with van der Waals surface area (Å²) in [4.78, 5) is 28.3. The summed E-state index contributed by atoms with van der Waals surface area (Å²) in [6, 6.07) is 14.0. The maximum Gasteiger partial charge on any atom is 0.428 e. The number of aryl methyl sites for hydroxylation is 2. The summed E-state index contributed by atoms with van der Waals surface area (Å²) in [5.41, 5.74) is 0.783. The van der Waals surface area contributed by atoms with Gasteiger partial charge in [0.1, 0.15) is 0 Å². The van der Waals surface area contributed by atoms with Gasteiger partial charge in [-0.25, -0.2) is 0 Å². The lowest BCUT2D eigenvalue weighted by atomic mass is 9.88. The number of nitro benzene ring substituents is 1. The zero-order valence-electron chi connectivity index (χ0n) is 18.9. The van der Waals surface area contributed by atoms with Gasteiger partial charge in [-0.1, -0.05) is 41.9 Å². The molecule has 1 aliphatic heterocycles. The van der Waals surface area contributed by atoms with Gasteiger partial charge in [0, 0.05) is 34.0 Å². The van der Waals surface area contributed by atoms with Gasteiger partial charge in [0.25, 0.3) is 11.6 Å². The van der Waals surface area contributed by atoms with Crippen LogP contribution in [0.3, 0.4) is 0 Å². The van der Waals surface area contributed by atoms with E-state index in [-0.39, 0.29) is 22.5 Å². The molecular weight excluding hydrogens is 499 g/mol. The van der Waals surface area contributed by atoms with E-state index in [1.54, 1.807) is 38.1 Å². The van der Waals surface area contributed by atoms with Gasteiger partial charge in [0.15, 0.2) is 0 Å². The minimum Gasteiger partial charge on any atom is -0.321 e. The number of nitrogens with zero attached hydrogens (tertiary/aromatic N) is 1. The molecule has 1 unspecified atom stereocenters. The van der Waals surface area contributed by atoms with Crippen molar-refractivity contribution in [1.82, 2.24) is 5.48 Å². The van der Waals surface area contributed by atoms with E-state index in [2.05, 4.69) is 10.8 Å². The van der Waals surface area contributed by atoms with Crippen LogP contribution in [0.5, 0.6) is 0 Å². The first kappa shape index (κ1) is 25.2. The van der Waals surface area contributed by atoms with Gasteiger partial charge in [-0.2, -0.15) is 13.2 Å². The van der Waals surface area contributed by atoms with Crippen LogP contribution < -0.4 is 10.8 Å². The summed E-state index contributed by atoms with van der Waals surface area (Å²) in [5.74, 6) is -0.633. The van der Waals surface area contributed by atoms with Gasteiger partial charge in [-0.05, 0) is 54.8 Å². The monoisotopic (exact) mass is 517 g/mol. The molecule has 0 spiro atoms. The second-order valence-corrected chi connectivity index (χ2v) is 8.69. The normalized spacial score (nSPS) is 17.3. The summed E-state index contributed by atoms with van der Waals surface area (Å²) in [5, 5.41) is 14.1. The van der Waals surface area contributed by atoms with Gasteiger partial charge < -0.3 is 5.32 Å². The quantitative estimate of drug-likeness (QED) is 0.299. The Kier molecular flexibility index (Phi) is 6.50. The van der Waals surface area contributed by atoms with Crippen LogP contribution in [0.15, 0.2) is 66.7 Å². The maximum absolute atomic E-state index is 14.4. The van der Waals surface area contributed by atoms with Crippen LogP contribution in [0.1, 0.15) is 32.6 Å². The fourth-order valence-corrected chi connectivity index (χ4v) is 4.06. The molecule has 2 N–H and O–H groups in total. The van der Waals surface area contributed by atoms with Gasteiger partial charge in [-0.3, -0.25) is 25.2 Å². The Morgan fingerprint density at radius 2 is 1.72 bits per heavy atom. The number of alkyl halides is 3. The number of anilines is 1. The van der Waals surface area contributed by atoms with E-state index >= 15 is 0 Å². The van der Waals surface area contributed by atoms with Crippen molar-refractivity contribution < 1.29 is 27.7 Å². The standard InChI is InChI=1S/C25H19ClF3N3O4/c1-14-10-18(11-15(2)22(14)30-23(33)17-4-3-5-20(12-17)32(34)35)24(25(27,28)29)13-21(31-36-24)16-6-8-19(26)9-7-16/h3-13,31H,1-2H3,(H,30,33). The molecule has 3 aromatic rings. The number of amides is 1. The minimum atomic E-state index is -4.82. The number of carbonyl (C=O) groups is 1. The van der Waals surface area contributed by atoms with Crippen molar-refractivity contribution in [2.45, 2.75) is 25.6 Å². The number of carbonyl (C=O) groups excluding carboxylic acids is 1. The summed E-state index contributed by atoms with van der Waals surface area (Å²) in [6.45, 7) is 3.10. The molecule has 1 atom stereocenters. The van der Waals surface area contributed by atoms with Crippen LogP contribution >= 0.6 is 11.6 Å². The fourth-order valence-electron chi connectivity index (χ4n) is 3.94. The molecule has 0 aromatic heterocycles. The lowest BCUT2D eigenvalue weighted by Gasteiger charge is -2.29. The Hall–Kier alpha value is -3.89. The van der Waals surface area contributed by atoms with E-state index in [4.69, 9.17) is 16.4 Å². The molecule has 186 valence electrons. The molecule has 4 rings (SSSR count). The smallest absolute Gasteiger partial charge is 0.321 e. The Balaban J connectivity index is 1.70. The minimum absolute atomic E-state index is 0.0395. The highest BCUT2D eigenvalue weighted by atomic mass is 35.5. The Morgan fingerprint density at radius 3 is 2.31 bits per heavy atom. The van der Waals surface area contributed by atoms with E-state index < -0.39 is 22.6 Å². The SMILES string of the molecule is Cc1cc(C2(C(F)(F)F)C=C(c3ccc(Cl)cc3)NO2)cc(C)c1NC(=O)c1cccc([N+](=O)[O-])c1. The van der Waals surface area contributed by atoms with E-state index in [0.29, 0.717) is 27.4 Å². The molecule has 1 heterocycles. The summed E-state index contributed by atoms with van der Waals surface area (Å²) in [7, 11) is 0. The average molecular weight is 518 g/mol. The number of nitro groups is 1. The topological polar surface area (TPSA) is 93.5 Å². The van der Waals surface area contributed by atoms with Crippen molar-refractivity contribution in [3.63, 3.8) is 0 Å². The zero-order valence-corrected chi connectivity index (χ0v) is 19.7. The van der Waals surface area contributed by atoms with Crippen molar-refractivity contribution in [3.05, 3.63) is 110 Å². The first-order valence-electron chi connectivity index (χ1n) is 10.6. The molecule has 1 amide bonds. The van der Waals surface area contributed by atoms with Gasteiger partial charge in [-0.15, -0.1) is 0 Å². The molecule has 0 aliphatic carbocycles. The predicted octanol–water partition coefficient (Wildman–Crippen LogP) is 6.45. The predicted molar refractivity (Wildman–Crippen MR) is 128 cm³/mol. The van der Waals surface area contributed by atoms with Crippen LogP contribution in [0.4, 0.5) is 24.5 Å². The first-order chi connectivity index (χ1) is 16.9. The highest BCUT2D eigenvalue weighted by Crippen LogP contribution is 2.48. The Morgan fingerprint density at radius 1 is 1.08 bits per heavy atom. The van der Waals surface area contributed by atoms with Crippen LogP contribution in [0.2, 0.25) is 5.02 Å². The number of benzene rings is 3. The van der Waals surface area contributed by atoms with Gasteiger partial charge in [0.05, 0.1) is 10.6 Å². The van der Waals surface area contributed by atoms with E-state index in [9.17, 15) is 28.1 Å².